The SMILES string of the molecule is O=C(COC(=O)CCCN1C(=O)c2ccc(Br)cc2C1=O)Nc1ccc(Cl)cc1. The molecule has 0 bridgehead atoms. The smallest absolute Gasteiger partial charge is 0.306 e. The topological polar surface area (TPSA) is 92.8 Å². The fraction of sp³-hybridized carbons (Fsp3) is 0.200. The molecule has 2 aromatic rings. The number of hydrogen-bond donors (Lipinski definition) is 1. The zero-order valence-corrected chi connectivity index (χ0v) is 17.5. The van der Waals surface area contributed by atoms with Crippen molar-refractivity contribution >= 4 is 56.9 Å². The number of nitrogens with zero attached hydrogens (tertiary/aromatic N) is 1. The van der Waals surface area contributed by atoms with Gasteiger partial charge in [0, 0.05) is 28.1 Å². The van der Waals surface area contributed by atoms with Crippen LogP contribution in [0.3, 0.4) is 0 Å². The molecule has 0 unspecified atom stereocenters. The first-order chi connectivity index (χ1) is 13.8. The predicted molar refractivity (Wildman–Crippen MR) is 110 cm³/mol. The third-order valence-electron chi connectivity index (χ3n) is 4.19. The molecule has 1 N–H and O–H groups in total. The molecule has 29 heavy (non-hydrogen) atoms. The van der Waals surface area contributed by atoms with Crippen molar-refractivity contribution < 1.29 is 23.9 Å². The Balaban J connectivity index is 1.41. The fourth-order valence-corrected chi connectivity index (χ4v) is 3.28. The fourth-order valence-electron chi connectivity index (χ4n) is 2.80. The van der Waals surface area contributed by atoms with E-state index in [1.165, 1.54) is 0 Å². The lowest BCUT2D eigenvalue weighted by Gasteiger charge is -2.13. The number of fused-ring (bicyclic) bond motifs is 1. The molecule has 150 valence electrons. The van der Waals surface area contributed by atoms with Gasteiger partial charge >= 0.3 is 5.97 Å². The summed E-state index contributed by atoms with van der Waals surface area (Å²) >= 11 is 9.04. The van der Waals surface area contributed by atoms with E-state index in [0.717, 1.165) is 4.90 Å². The maximum absolute atomic E-state index is 12.4. The number of carbonyl (C=O) groups excluding carboxylic acids is 4. The van der Waals surface area contributed by atoms with Crippen LogP contribution in [-0.2, 0) is 14.3 Å². The van der Waals surface area contributed by atoms with Crippen molar-refractivity contribution in [2.24, 2.45) is 0 Å². The highest BCUT2D eigenvalue weighted by molar-refractivity contribution is 9.10. The molecule has 7 nitrogen and oxygen atoms in total. The lowest BCUT2D eigenvalue weighted by atomic mass is 10.1. The largest absolute Gasteiger partial charge is 0.456 e. The quantitative estimate of drug-likeness (QED) is 0.483. The minimum Gasteiger partial charge on any atom is -0.456 e. The molecule has 1 aliphatic rings. The van der Waals surface area contributed by atoms with Gasteiger partial charge in [0.15, 0.2) is 6.61 Å². The van der Waals surface area contributed by atoms with E-state index in [1.807, 2.05) is 0 Å². The Hall–Kier alpha value is -2.71. The Bertz CT molecular complexity index is 977. The van der Waals surface area contributed by atoms with E-state index >= 15 is 0 Å². The molecule has 0 fully saturated rings. The monoisotopic (exact) mass is 478 g/mol. The number of esters is 1. The van der Waals surface area contributed by atoms with E-state index in [0.29, 0.717) is 26.3 Å². The normalized spacial score (nSPS) is 12.7. The maximum Gasteiger partial charge on any atom is 0.306 e. The molecule has 0 saturated carbocycles. The van der Waals surface area contributed by atoms with Gasteiger partial charge in [-0.25, -0.2) is 0 Å². The lowest BCUT2D eigenvalue weighted by Crippen LogP contribution is -2.31. The molecule has 1 aliphatic heterocycles. The van der Waals surface area contributed by atoms with Crippen LogP contribution in [0.4, 0.5) is 5.69 Å². The zero-order chi connectivity index (χ0) is 21.0. The van der Waals surface area contributed by atoms with Crippen LogP contribution in [0, 0.1) is 0 Å². The summed E-state index contributed by atoms with van der Waals surface area (Å²) in [7, 11) is 0. The Morgan fingerprint density at radius 2 is 1.72 bits per heavy atom. The molecular weight excluding hydrogens is 464 g/mol. The van der Waals surface area contributed by atoms with Crippen molar-refractivity contribution in [3.8, 4) is 0 Å². The van der Waals surface area contributed by atoms with E-state index in [-0.39, 0.29) is 31.2 Å². The summed E-state index contributed by atoms with van der Waals surface area (Å²) in [6.45, 7) is -0.335. The molecule has 1 heterocycles. The van der Waals surface area contributed by atoms with Crippen molar-refractivity contribution in [1.82, 2.24) is 4.90 Å². The van der Waals surface area contributed by atoms with Gasteiger partial charge in [0.25, 0.3) is 17.7 Å². The van der Waals surface area contributed by atoms with Crippen LogP contribution < -0.4 is 5.32 Å². The van der Waals surface area contributed by atoms with Crippen molar-refractivity contribution in [2.75, 3.05) is 18.5 Å². The number of carbonyl (C=O) groups is 4. The van der Waals surface area contributed by atoms with Gasteiger partial charge in [-0.2, -0.15) is 0 Å². The number of amides is 3. The molecule has 0 spiro atoms. The number of rotatable bonds is 7. The van der Waals surface area contributed by atoms with Gasteiger partial charge < -0.3 is 10.1 Å². The standard InChI is InChI=1S/C20H16BrClN2O5/c21-12-3-8-15-16(10-12)20(28)24(19(15)27)9-1-2-18(26)29-11-17(25)23-14-6-4-13(22)5-7-14/h3-8,10H,1-2,9,11H2,(H,23,25). The van der Waals surface area contributed by atoms with Gasteiger partial charge in [0.05, 0.1) is 11.1 Å². The lowest BCUT2D eigenvalue weighted by molar-refractivity contribution is -0.147. The van der Waals surface area contributed by atoms with Crippen molar-refractivity contribution in [2.45, 2.75) is 12.8 Å². The molecule has 2 aromatic carbocycles. The summed E-state index contributed by atoms with van der Waals surface area (Å²) in [5.41, 5.74) is 1.22. The van der Waals surface area contributed by atoms with Gasteiger partial charge in [-0.15, -0.1) is 0 Å². The molecule has 0 saturated heterocycles. The average Bonchev–Trinajstić information content (AvgIpc) is 2.92. The third kappa shape index (κ3) is 5.21. The number of hydrogen-bond acceptors (Lipinski definition) is 5. The average molecular weight is 480 g/mol. The number of halogens is 2. The van der Waals surface area contributed by atoms with Crippen LogP contribution in [0.5, 0.6) is 0 Å². The van der Waals surface area contributed by atoms with Crippen molar-refractivity contribution in [3.63, 3.8) is 0 Å². The summed E-state index contributed by atoms with van der Waals surface area (Å²) in [5.74, 6) is -1.84. The van der Waals surface area contributed by atoms with E-state index < -0.39 is 18.5 Å². The molecule has 3 rings (SSSR count). The Labute approximate surface area is 180 Å². The molecule has 3 amide bonds. The first-order valence-corrected chi connectivity index (χ1v) is 9.89. The van der Waals surface area contributed by atoms with Crippen LogP contribution in [0.1, 0.15) is 33.6 Å². The van der Waals surface area contributed by atoms with E-state index in [4.69, 9.17) is 16.3 Å². The van der Waals surface area contributed by atoms with E-state index in [1.54, 1.807) is 42.5 Å². The van der Waals surface area contributed by atoms with E-state index in [9.17, 15) is 19.2 Å². The number of anilines is 1. The summed E-state index contributed by atoms with van der Waals surface area (Å²) in [6, 6.07) is 11.4. The summed E-state index contributed by atoms with van der Waals surface area (Å²) < 4.78 is 5.63. The highest BCUT2D eigenvalue weighted by Gasteiger charge is 2.35. The molecular formula is C20H16BrClN2O5. The summed E-state index contributed by atoms with van der Waals surface area (Å²) in [6.07, 6.45) is 0.218. The molecule has 9 heteroatoms. The first-order valence-electron chi connectivity index (χ1n) is 8.72. The van der Waals surface area contributed by atoms with E-state index in [2.05, 4.69) is 21.2 Å². The van der Waals surface area contributed by atoms with Gasteiger partial charge in [-0.1, -0.05) is 27.5 Å². The summed E-state index contributed by atoms with van der Waals surface area (Å²) in [4.78, 5) is 49.4. The number of benzene rings is 2. The van der Waals surface area contributed by atoms with Gasteiger partial charge in [0.1, 0.15) is 0 Å². The summed E-state index contributed by atoms with van der Waals surface area (Å²) in [5, 5.41) is 3.12. The van der Waals surface area contributed by atoms with Crippen LogP contribution in [0.25, 0.3) is 0 Å². The Morgan fingerprint density at radius 3 is 2.45 bits per heavy atom. The maximum atomic E-state index is 12.4. The van der Waals surface area contributed by atoms with Gasteiger partial charge in [-0.3, -0.25) is 24.1 Å². The van der Waals surface area contributed by atoms with Gasteiger partial charge in [0.2, 0.25) is 0 Å². The minimum absolute atomic E-state index is 0.0225. The number of ether oxygens (including phenoxy) is 1. The highest BCUT2D eigenvalue weighted by atomic mass is 79.9. The second kappa shape index (κ2) is 9.19. The second-order valence-corrected chi connectivity index (χ2v) is 7.62. The van der Waals surface area contributed by atoms with Crippen LogP contribution in [0.15, 0.2) is 46.9 Å². The Morgan fingerprint density at radius 1 is 1.03 bits per heavy atom. The van der Waals surface area contributed by atoms with Crippen LogP contribution >= 0.6 is 27.5 Å². The molecule has 0 aromatic heterocycles. The predicted octanol–water partition coefficient (Wildman–Crippen LogP) is 3.66. The second-order valence-electron chi connectivity index (χ2n) is 6.27. The van der Waals surface area contributed by atoms with Crippen molar-refractivity contribution in [3.05, 3.63) is 63.1 Å². The first kappa shape index (κ1) is 21.0. The minimum atomic E-state index is -0.587. The van der Waals surface area contributed by atoms with Crippen molar-refractivity contribution in [1.29, 1.82) is 0 Å². The van der Waals surface area contributed by atoms with Gasteiger partial charge in [-0.05, 0) is 48.9 Å². The molecule has 0 radical (unpaired) electrons. The van der Waals surface area contributed by atoms with Crippen LogP contribution in [-0.4, -0.2) is 41.7 Å². The number of nitrogens with one attached hydrogen (secondary N) is 1. The Kier molecular flexibility index (Phi) is 6.66. The zero-order valence-electron chi connectivity index (χ0n) is 15.1. The molecule has 0 aliphatic carbocycles. The third-order valence-corrected chi connectivity index (χ3v) is 4.93. The van der Waals surface area contributed by atoms with Crippen LogP contribution in [0.2, 0.25) is 5.02 Å². The highest BCUT2D eigenvalue weighted by Crippen LogP contribution is 2.26. The number of imide groups is 1. The molecule has 0 atom stereocenters.